The Morgan fingerprint density at radius 2 is 1.97 bits per heavy atom. The molecule has 0 spiro atoms. The van der Waals surface area contributed by atoms with Crippen LogP contribution in [0, 0.1) is 0 Å². The van der Waals surface area contributed by atoms with E-state index in [0.717, 1.165) is 46.5 Å². The van der Waals surface area contributed by atoms with Crippen molar-refractivity contribution in [3.8, 4) is 11.5 Å². The summed E-state index contributed by atoms with van der Waals surface area (Å²) >= 11 is 13.9. The topological polar surface area (TPSA) is 74.1 Å². The third kappa shape index (κ3) is 7.71. The number of aryl methyl sites for hydroxylation is 1. The molecule has 11 heteroatoms. The first-order valence-electron chi connectivity index (χ1n) is 9.95. The molecule has 0 bridgehead atoms. The van der Waals surface area contributed by atoms with Crippen LogP contribution < -0.4 is 14.8 Å². The summed E-state index contributed by atoms with van der Waals surface area (Å²) in [5.74, 6) is 2.37. The van der Waals surface area contributed by atoms with Crippen LogP contribution in [0.15, 0.2) is 41.6 Å². The Labute approximate surface area is 208 Å². The van der Waals surface area contributed by atoms with Gasteiger partial charge in [0, 0.05) is 40.5 Å². The zero-order valence-electron chi connectivity index (χ0n) is 17.9. The van der Waals surface area contributed by atoms with Crippen molar-refractivity contribution in [2.45, 2.75) is 31.7 Å². The monoisotopic (exact) mass is 517 g/mol. The fraction of sp³-hybridized carbons (Fsp3) is 0.381. The molecular formula is C21H26Cl3N5O2S. The quantitative estimate of drug-likeness (QED) is 0.261. The van der Waals surface area contributed by atoms with Crippen molar-refractivity contribution in [1.29, 1.82) is 0 Å². The number of aromatic nitrogens is 4. The van der Waals surface area contributed by atoms with Crippen molar-refractivity contribution in [2.24, 2.45) is 7.05 Å². The lowest BCUT2D eigenvalue weighted by molar-refractivity contribution is 0.266. The molecule has 3 rings (SSSR count). The largest absolute Gasteiger partial charge is 0.490 e. The smallest absolute Gasteiger partial charge is 0.209 e. The van der Waals surface area contributed by atoms with E-state index in [1.54, 1.807) is 28.6 Å². The molecule has 7 nitrogen and oxygen atoms in total. The lowest BCUT2D eigenvalue weighted by Gasteiger charge is -2.17. The second-order valence-electron chi connectivity index (χ2n) is 6.67. The van der Waals surface area contributed by atoms with E-state index in [4.69, 9.17) is 32.7 Å². The Balaban J connectivity index is 0.00000363. The first-order chi connectivity index (χ1) is 15.1. The fourth-order valence-corrected chi connectivity index (χ4v) is 4.10. The molecule has 174 valence electrons. The van der Waals surface area contributed by atoms with Gasteiger partial charge in [-0.05, 0) is 48.5 Å². The number of nitrogens with one attached hydrogen (secondary N) is 1. The minimum absolute atomic E-state index is 0. The molecule has 1 heterocycles. The first-order valence-corrected chi connectivity index (χ1v) is 11.7. The van der Waals surface area contributed by atoms with E-state index in [1.165, 1.54) is 0 Å². The van der Waals surface area contributed by atoms with Gasteiger partial charge < -0.3 is 14.8 Å². The van der Waals surface area contributed by atoms with E-state index < -0.39 is 0 Å². The Bertz CT molecular complexity index is 990. The van der Waals surface area contributed by atoms with Crippen molar-refractivity contribution < 1.29 is 9.47 Å². The van der Waals surface area contributed by atoms with Gasteiger partial charge in [0.15, 0.2) is 11.5 Å². The normalized spacial score (nSPS) is 10.6. The number of hydrogen-bond donors (Lipinski definition) is 1. The van der Waals surface area contributed by atoms with Gasteiger partial charge in [-0.15, -0.1) is 17.5 Å². The summed E-state index contributed by atoms with van der Waals surface area (Å²) in [6.07, 6.45) is 0.985. The van der Waals surface area contributed by atoms with Crippen LogP contribution in [0.25, 0.3) is 0 Å². The fourth-order valence-electron chi connectivity index (χ4n) is 2.85. The summed E-state index contributed by atoms with van der Waals surface area (Å²) < 4.78 is 13.6. The van der Waals surface area contributed by atoms with Gasteiger partial charge in [-0.2, -0.15) is 0 Å². The van der Waals surface area contributed by atoms with Crippen LogP contribution >= 0.6 is 47.4 Å². The summed E-state index contributed by atoms with van der Waals surface area (Å²) in [6, 6.07) is 11.3. The van der Waals surface area contributed by atoms with Crippen LogP contribution in [0.4, 0.5) is 0 Å². The number of rotatable bonds is 12. The van der Waals surface area contributed by atoms with Crippen LogP contribution in [0.2, 0.25) is 10.0 Å². The van der Waals surface area contributed by atoms with E-state index in [9.17, 15) is 0 Å². The van der Waals surface area contributed by atoms with Gasteiger partial charge in [-0.25, -0.2) is 4.68 Å². The zero-order chi connectivity index (χ0) is 22.1. The molecule has 0 atom stereocenters. The molecule has 3 aromatic rings. The van der Waals surface area contributed by atoms with Gasteiger partial charge in [-0.3, -0.25) is 0 Å². The van der Waals surface area contributed by atoms with Gasteiger partial charge in [0.1, 0.15) is 6.61 Å². The number of nitrogens with zero attached hydrogens (tertiary/aromatic N) is 4. The molecule has 0 aliphatic heterocycles. The molecule has 0 saturated heterocycles. The SMILES string of the molecule is CCOc1cccc(CNCCCSc2nnnn2C)c1OCc1ccc(Cl)cc1Cl.Cl. The Morgan fingerprint density at radius 3 is 2.69 bits per heavy atom. The first kappa shape index (κ1) is 26.5. The van der Waals surface area contributed by atoms with Crippen LogP contribution in [0.5, 0.6) is 11.5 Å². The molecule has 0 fully saturated rings. The van der Waals surface area contributed by atoms with E-state index in [0.29, 0.717) is 29.8 Å². The number of hydrogen-bond acceptors (Lipinski definition) is 7. The molecule has 32 heavy (non-hydrogen) atoms. The molecule has 2 aromatic carbocycles. The van der Waals surface area contributed by atoms with E-state index >= 15 is 0 Å². The minimum Gasteiger partial charge on any atom is -0.490 e. The average Bonchev–Trinajstić information content (AvgIpc) is 3.16. The van der Waals surface area contributed by atoms with Gasteiger partial charge in [0.05, 0.1) is 6.61 Å². The maximum atomic E-state index is 6.29. The number of para-hydroxylation sites is 1. The second kappa shape index (κ2) is 13.7. The van der Waals surface area contributed by atoms with Gasteiger partial charge >= 0.3 is 0 Å². The lowest BCUT2D eigenvalue weighted by Crippen LogP contribution is -2.16. The average molecular weight is 519 g/mol. The Morgan fingerprint density at radius 1 is 1.12 bits per heavy atom. The van der Waals surface area contributed by atoms with Gasteiger partial charge in [0.25, 0.3) is 0 Å². The highest BCUT2D eigenvalue weighted by Gasteiger charge is 2.12. The third-order valence-electron chi connectivity index (χ3n) is 4.37. The standard InChI is InChI=1S/C21H25Cl2N5O2S.ClH/c1-3-29-19-7-4-6-15(13-24-10-5-11-31-21-25-26-27-28(21)2)20(19)30-14-16-8-9-17(22)12-18(16)23;/h4,6-9,12,24H,3,5,10-11,13-14H2,1-2H3;1H. The molecule has 0 aliphatic carbocycles. The summed E-state index contributed by atoms with van der Waals surface area (Å²) in [6.45, 7) is 4.37. The third-order valence-corrected chi connectivity index (χ3v) is 6.06. The molecule has 0 amide bonds. The molecule has 1 aromatic heterocycles. The van der Waals surface area contributed by atoms with Crippen molar-refractivity contribution in [1.82, 2.24) is 25.5 Å². The van der Waals surface area contributed by atoms with E-state index in [2.05, 4.69) is 20.8 Å². The predicted molar refractivity (Wildman–Crippen MR) is 131 cm³/mol. The van der Waals surface area contributed by atoms with Gasteiger partial charge in [-0.1, -0.05) is 53.2 Å². The van der Waals surface area contributed by atoms with Crippen LogP contribution in [0.3, 0.4) is 0 Å². The maximum absolute atomic E-state index is 6.29. The molecule has 1 N–H and O–H groups in total. The van der Waals surface area contributed by atoms with Crippen molar-refractivity contribution in [3.05, 3.63) is 57.6 Å². The minimum atomic E-state index is 0. The molecule has 0 saturated carbocycles. The van der Waals surface area contributed by atoms with Crippen LogP contribution in [-0.2, 0) is 20.2 Å². The van der Waals surface area contributed by atoms with Crippen LogP contribution in [-0.4, -0.2) is 39.1 Å². The summed E-state index contributed by atoms with van der Waals surface area (Å²) in [7, 11) is 1.84. The highest BCUT2D eigenvalue weighted by atomic mass is 35.5. The Kier molecular flexibility index (Phi) is 11.4. The van der Waals surface area contributed by atoms with E-state index in [1.807, 2.05) is 38.2 Å². The Hall–Kier alpha value is -1.71. The number of benzene rings is 2. The summed E-state index contributed by atoms with van der Waals surface area (Å²) in [5, 5.41) is 16.9. The molecule has 0 aliphatic rings. The zero-order valence-corrected chi connectivity index (χ0v) is 21.0. The van der Waals surface area contributed by atoms with E-state index in [-0.39, 0.29) is 12.4 Å². The summed E-state index contributed by atoms with van der Waals surface area (Å²) in [5.41, 5.74) is 1.90. The molecule has 0 unspecified atom stereocenters. The highest BCUT2D eigenvalue weighted by molar-refractivity contribution is 7.99. The van der Waals surface area contributed by atoms with Crippen molar-refractivity contribution in [2.75, 3.05) is 18.9 Å². The van der Waals surface area contributed by atoms with Crippen LogP contribution in [0.1, 0.15) is 24.5 Å². The summed E-state index contributed by atoms with van der Waals surface area (Å²) in [4.78, 5) is 0. The number of ether oxygens (including phenoxy) is 2. The van der Waals surface area contributed by atoms with Gasteiger partial charge in [0.2, 0.25) is 5.16 Å². The molecule has 0 radical (unpaired) electrons. The highest BCUT2D eigenvalue weighted by Crippen LogP contribution is 2.33. The second-order valence-corrected chi connectivity index (χ2v) is 8.57. The number of thioether (sulfide) groups is 1. The number of tetrazole rings is 1. The van der Waals surface area contributed by atoms with Crippen molar-refractivity contribution in [3.63, 3.8) is 0 Å². The maximum Gasteiger partial charge on any atom is 0.209 e. The van der Waals surface area contributed by atoms with Crippen molar-refractivity contribution >= 4 is 47.4 Å². The lowest BCUT2D eigenvalue weighted by atomic mass is 10.1. The molecular weight excluding hydrogens is 493 g/mol. The number of halogens is 3. The predicted octanol–water partition coefficient (Wildman–Crippen LogP) is 5.19.